The lowest BCUT2D eigenvalue weighted by atomic mass is 9.90. The molecule has 0 aliphatic carbocycles. The summed E-state index contributed by atoms with van der Waals surface area (Å²) >= 11 is 0. The van der Waals surface area contributed by atoms with Crippen LogP contribution in [-0.2, 0) is 16.0 Å². The second-order valence-corrected chi connectivity index (χ2v) is 7.37. The van der Waals surface area contributed by atoms with Crippen molar-refractivity contribution in [2.24, 2.45) is 5.92 Å². The van der Waals surface area contributed by atoms with Gasteiger partial charge in [-0.3, -0.25) is 9.69 Å². The Morgan fingerprint density at radius 2 is 1.96 bits per heavy atom. The largest absolute Gasteiger partial charge is 0.395 e. The molecular weight excluding hydrogens is 316 g/mol. The van der Waals surface area contributed by atoms with Crippen molar-refractivity contribution in [1.29, 1.82) is 0 Å². The number of piperidine rings is 1. The Balaban J connectivity index is 1.45. The van der Waals surface area contributed by atoms with E-state index in [1.54, 1.807) is 7.11 Å². The smallest absolute Gasteiger partial charge is 0.236 e. The maximum atomic E-state index is 12.6. The Bertz CT molecular complexity index is 543. The molecule has 1 aromatic rings. The topological polar surface area (TPSA) is 53.0 Å². The molecule has 2 heterocycles. The van der Waals surface area contributed by atoms with Crippen LogP contribution in [0.3, 0.4) is 0 Å². The lowest BCUT2D eigenvalue weighted by Crippen LogP contribution is -2.46. The van der Waals surface area contributed by atoms with Gasteiger partial charge in [-0.1, -0.05) is 30.3 Å². The van der Waals surface area contributed by atoms with Crippen molar-refractivity contribution in [3.8, 4) is 0 Å². The highest BCUT2D eigenvalue weighted by molar-refractivity contribution is 5.78. The number of carbonyl (C=O) groups excluding carboxylic acids is 1. The minimum Gasteiger partial charge on any atom is -0.395 e. The van der Waals surface area contributed by atoms with Gasteiger partial charge in [-0.25, -0.2) is 0 Å². The van der Waals surface area contributed by atoms with Crippen LogP contribution in [0.25, 0.3) is 0 Å². The first kappa shape index (κ1) is 18.4. The number of ether oxygens (including phenoxy) is 1. The molecule has 0 unspecified atom stereocenters. The van der Waals surface area contributed by atoms with E-state index in [1.807, 2.05) is 4.90 Å². The maximum Gasteiger partial charge on any atom is 0.236 e. The van der Waals surface area contributed by atoms with Gasteiger partial charge in [0.2, 0.25) is 5.91 Å². The van der Waals surface area contributed by atoms with E-state index in [0.29, 0.717) is 12.5 Å². The van der Waals surface area contributed by atoms with Crippen LogP contribution in [0.5, 0.6) is 0 Å². The number of rotatable bonds is 6. The van der Waals surface area contributed by atoms with Gasteiger partial charge in [-0.05, 0) is 37.2 Å². The quantitative estimate of drug-likeness (QED) is 0.849. The molecule has 2 atom stereocenters. The van der Waals surface area contributed by atoms with Gasteiger partial charge in [0.15, 0.2) is 0 Å². The number of aliphatic hydroxyl groups is 1. The lowest BCUT2D eigenvalue weighted by molar-refractivity contribution is -0.134. The van der Waals surface area contributed by atoms with Crippen molar-refractivity contribution in [2.45, 2.75) is 37.8 Å². The molecule has 1 aromatic carbocycles. The van der Waals surface area contributed by atoms with E-state index in [0.717, 1.165) is 45.3 Å². The number of benzene rings is 1. The standard InChI is InChI=1S/C20H30N2O3/c1-25-19-12-18(15-23)22(13-19)14-20(24)21-9-7-17(8-10-21)11-16-5-3-2-4-6-16/h2-6,17-19,23H,7-15H2,1H3/t18-,19+/m0/s1. The monoisotopic (exact) mass is 346 g/mol. The highest BCUT2D eigenvalue weighted by Crippen LogP contribution is 2.23. The number of methoxy groups -OCH3 is 1. The van der Waals surface area contributed by atoms with Crippen LogP contribution >= 0.6 is 0 Å². The number of carbonyl (C=O) groups is 1. The third-order valence-corrected chi connectivity index (χ3v) is 5.71. The van der Waals surface area contributed by atoms with E-state index in [9.17, 15) is 9.90 Å². The van der Waals surface area contributed by atoms with Crippen molar-refractivity contribution in [1.82, 2.24) is 9.80 Å². The molecule has 5 nitrogen and oxygen atoms in total. The Morgan fingerprint density at radius 1 is 1.24 bits per heavy atom. The van der Waals surface area contributed by atoms with E-state index in [1.165, 1.54) is 5.56 Å². The van der Waals surface area contributed by atoms with E-state index >= 15 is 0 Å². The Kier molecular flexibility index (Phi) is 6.45. The summed E-state index contributed by atoms with van der Waals surface area (Å²) in [5, 5.41) is 9.53. The van der Waals surface area contributed by atoms with Gasteiger partial charge < -0.3 is 14.7 Å². The number of hydrogen-bond donors (Lipinski definition) is 1. The summed E-state index contributed by atoms with van der Waals surface area (Å²) in [4.78, 5) is 16.7. The molecule has 0 spiro atoms. The van der Waals surface area contributed by atoms with Crippen LogP contribution in [0.1, 0.15) is 24.8 Å². The molecule has 138 valence electrons. The van der Waals surface area contributed by atoms with Crippen LogP contribution < -0.4 is 0 Å². The van der Waals surface area contributed by atoms with Crippen LogP contribution in [0.2, 0.25) is 0 Å². The van der Waals surface area contributed by atoms with Gasteiger partial charge in [-0.2, -0.15) is 0 Å². The van der Waals surface area contributed by atoms with Crippen molar-refractivity contribution in [2.75, 3.05) is 39.9 Å². The molecule has 1 N–H and O–H groups in total. The van der Waals surface area contributed by atoms with Gasteiger partial charge in [0.1, 0.15) is 0 Å². The minimum atomic E-state index is 0.0459. The van der Waals surface area contributed by atoms with Crippen molar-refractivity contribution in [3.05, 3.63) is 35.9 Å². The minimum absolute atomic E-state index is 0.0459. The number of nitrogens with zero attached hydrogens (tertiary/aromatic N) is 2. The fourth-order valence-corrected chi connectivity index (χ4v) is 4.10. The molecule has 2 aliphatic rings. The molecule has 2 aliphatic heterocycles. The number of amides is 1. The normalized spacial score (nSPS) is 25.4. The highest BCUT2D eigenvalue weighted by Gasteiger charge is 2.34. The molecule has 0 radical (unpaired) electrons. The second-order valence-electron chi connectivity index (χ2n) is 7.37. The molecule has 0 saturated carbocycles. The summed E-state index contributed by atoms with van der Waals surface area (Å²) < 4.78 is 5.39. The summed E-state index contributed by atoms with van der Waals surface area (Å²) in [7, 11) is 1.70. The number of aliphatic hydroxyl groups excluding tert-OH is 1. The molecule has 2 saturated heterocycles. The van der Waals surface area contributed by atoms with Gasteiger partial charge in [-0.15, -0.1) is 0 Å². The van der Waals surface area contributed by atoms with Crippen molar-refractivity contribution >= 4 is 5.91 Å². The Morgan fingerprint density at radius 3 is 2.60 bits per heavy atom. The first-order valence-corrected chi connectivity index (χ1v) is 9.39. The SMILES string of the molecule is CO[C@@H]1C[C@@H](CO)N(CC(=O)N2CCC(Cc3ccccc3)CC2)C1. The Labute approximate surface area is 150 Å². The average molecular weight is 346 g/mol. The molecule has 5 heteroatoms. The third-order valence-electron chi connectivity index (χ3n) is 5.71. The van der Waals surface area contributed by atoms with Gasteiger partial charge >= 0.3 is 0 Å². The van der Waals surface area contributed by atoms with Gasteiger partial charge in [0, 0.05) is 32.8 Å². The average Bonchev–Trinajstić information content (AvgIpc) is 3.05. The zero-order valence-electron chi connectivity index (χ0n) is 15.1. The predicted molar refractivity (Wildman–Crippen MR) is 97.3 cm³/mol. The highest BCUT2D eigenvalue weighted by atomic mass is 16.5. The fourth-order valence-electron chi connectivity index (χ4n) is 4.10. The summed E-state index contributed by atoms with van der Waals surface area (Å²) in [6, 6.07) is 10.7. The summed E-state index contributed by atoms with van der Waals surface area (Å²) in [5.74, 6) is 0.856. The summed E-state index contributed by atoms with van der Waals surface area (Å²) in [5.41, 5.74) is 1.39. The fraction of sp³-hybridized carbons (Fsp3) is 0.650. The van der Waals surface area contributed by atoms with Gasteiger partial charge in [0.05, 0.1) is 19.3 Å². The molecular formula is C20H30N2O3. The van der Waals surface area contributed by atoms with Crippen LogP contribution in [-0.4, -0.2) is 72.9 Å². The zero-order valence-corrected chi connectivity index (χ0v) is 15.1. The Hall–Kier alpha value is -1.43. The second kappa shape index (κ2) is 8.79. The van der Waals surface area contributed by atoms with Crippen molar-refractivity contribution < 1.29 is 14.6 Å². The molecule has 3 rings (SSSR count). The number of likely N-dealkylation sites (tertiary alicyclic amines) is 2. The molecule has 0 aromatic heterocycles. The molecule has 1 amide bonds. The predicted octanol–water partition coefficient (Wildman–Crippen LogP) is 1.55. The van der Waals surface area contributed by atoms with E-state index < -0.39 is 0 Å². The summed E-state index contributed by atoms with van der Waals surface area (Å²) in [6.45, 7) is 2.92. The molecule has 25 heavy (non-hydrogen) atoms. The maximum absolute atomic E-state index is 12.6. The van der Waals surface area contributed by atoms with Crippen LogP contribution in [0, 0.1) is 5.92 Å². The van der Waals surface area contributed by atoms with Crippen LogP contribution in [0.4, 0.5) is 0 Å². The van der Waals surface area contributed by atoms with Crippen molar-refractivity contribution in [3.63, 3.8) is 0 Å². The van der Waals surface area contributed by atoms with Gasteiger partial charge in [0.25, 0.3) is 0 Å². The van der Waals surface area contributed by atoms with E-state index in [-0.39, 0.29) is 24.7 Å². The summed E-state index contributed by atoms with van der Waals surface area (Å²) in [6.07, 6.45) is 4.19. The molecule has 2 fully saturated rings. The number of hydrogen-bond acceptors (Lipinski definition) is 4. The third kappa shape index (κ3) is 4.81. The first-order chi connectivity index (χ1) is 12.2. The first-order valence-electron chi connectivity index (χ1n) is 9.39. The zero-order chi connectivity index (χ0) is 17.6. The molecule has 0 bridgehead atoms. The van der Waals surface area contributed by atoms with Crippen LogP contribution in [0.15, 0.2) is 30.3 Å². The lowest BCUT2D eigenvalue weighted by Gasteiger charge is -2.34. The van der Waals surface area contributed by atoms with E-state index in [2.05, 4.69) is 35.2 Å². The van der Waals surface area contributed by atoms with E-state index in [4.69, 9.17) is 4.74 Å².